The molecule has 3 rings (SSSR count). The zero-order valence-electron chi connectivity index (χ0n) is 13.5. The van der Waals surface area contributed by atoms with Crippen molar-refractivity contribution in [1.82, 2.24) is 4.72 Å². The minimum Gasteiger partial charge on any atom is -0.462 e. The summed E-state index contributed by atoms with van der Waals surface area (Å²) in [5, 5.41) is 0. The van der Waals surface area contributed by atoms with Gasteiger partial charge in [0.25, 0.3) is 0 Å². The third-order valence-corrected chi connectivity index (χ3v) is 5.00. The molecule has 132 valence electrons. The van der Waals surface area contributed by atoms with Crippen molar-refractivity contribution in [3.05, 3.63) is 53.6 Å². The molecule has 1 heterocycles. The van der Waals surface area contributed by atoms with Crippen LogP contribution in [0.25, 0.3) is 0 Å². The SMILES string of the molecule is CCOC(=O)c1ccc(S(=O)(=O)NCc2ccc3c(c2)OCO3)cc1. The van der Waals surface area contributed by atoms with E-state index in [-0.39, 0.29) is 24.8 Å². The molecule has 0 amide bonds. The van der Waals surface area contributed by atoms with Crippen molar-refractivity contribution in [3.63, 3.8) is 0 Å². The first-order valence-electron chi connectivity index (χ1n) is 7.65. The van der Waals surface area contributed by atoms with Crippen LogP contribution in [0.15, 0.2) is 47.4 Å². The maximum Gasteiger partial charge on any atom is 0.338 e. The second kappa shape index (κ2) is 7.12. The van der Waals surface area contributed by atoms with Crippen molar-refractivity contribution < 1.29 is 27.4 Å². The summed E-state index contributed by atoms with van der Waals surface area (Å²) in [6, 6.07) is 10.8. The van der Waals surface area contributed by atoms with Crippen LogP contribution in [0.2, 0.25) is 0 Å². The molecule has 0 radical (unpaired) electrons. The third kappa shape index (κ3) is 3.92. The molecule has 0 spiro atoms. The molecule has 25 heavy (non-hydrogen) atoms. The van der Waals surface area contributed by atoms with Crippen molar-refractivity contribution in [2.24, 2.45) is 0 Å². The minimum absolute atomic E-state index is 0.0706. The highest BCUT2D eigenvalue weighted by molar-refractivity contribution is 7.89. The van der Waals surface area contributed by atoms with Gasteiger partial charge in [-0.3, -0.25) is 0 Å². The van der Waals surface area contributed by atoms with E-state index in [0.717, 1.165) is 5.56 Å². The Balaban J connectivity index is 1.68. The summed E-state index contributed by atoms with van der Waals surface area (Å²) in [5.41, 5.74) is 1.05. The Labute approximate surface area is 145 Å². The summed E-state index contributed by atoms with van der Waals surface area (Å²) in [6.45, 7) is 2.24. The Hall–Kier alpha value is -2.58. The fourth-order valence-electron chi connectivity index (χ4n) is 2.30. The van der Waals surface area contributed by atoms with E-state index in [0.29, 0.717) is 17.1 Å². The van der Waals surface area contributed by atoms with E-state index in [1.165, 1.54) is 24.3 Å². The average Bonchev–Trinajstić information content (AvgIpc) is 3.08. The Morgan fingerprint density at radius 1 is 1.12 bits per heavy atom. The molecule has 0 fully saturated rings. The monoisotopic (exact) mass is 363 g/mol. The summed E-state index contributed by atoms with van der Waals surface area (Å²) in [6.07, 6.45) is 0. The first kappa shape index (κ1) is 17.2. The summed E-state index contributed by atoms with van der Waals surface area (Å²) < 4.78 is 42.6. The molecule has 0 aliphatic carbocycles. The maximum atomic E-state index is 12.4. The van der Waals surface area contributed by atoms with E-state index < -0.39 is 16.0 Å². The number of hydrogen-bond acceptors (Lipinski definition) is 6. The molecule has 1 aliphatic rings. The number of rotatable bonds is 6. The van der Waals surface area contributed by atoms with Crippen molar-refractivity contribution in [3.8, 4) is 11.5 Å². The quantitative estimate of drug-likeness (QED) is 0.790. The normalized spacial score (nSPS) is 12.8. The van der Waals surface area contributed by atoms with Crippen LogP contribution in [0.5, 0.6) is 11.5 Å². The lowest BCUT2D eigenvalue weighted by atomic mass is 10.2. The summed E-state index contributed by atoms with van der Waals surface area (Å²) in [4.78, 5) is 11.7. The van der Waals surface area contributed by atoms with E-state index in [2.05, 4.69) is 4.72 Å². The highest BCUT2D eigenvalue weighted by Gasteiger charge is 2.17. The highest BCUT2D eigenvalue weighted by atomic mass is 32.2. The van der Waals surface area contributed by atoms with E-state index >= 15 is 0 Å². The third-order valence-electron chi connectivity index (χ3n) is 3.58. The van der Waals surface area contributed by atoms with E-state index in [1.54, 1.807) is 25.1 Å². The van der Waals surface area contributed by atoms with Crippen LogP contribution in [0.3, 0.4) is 0 Å². The minimum atomic E-state index is -3.70. The second-order valence-electron chi connectivity index (χ2n) is 5.26. The molecular formula is C17H17NO6S. The molecule has 0 saturated heterocycles. The molecule has 2 aromatic carbocycles. The number of fused-ring (bicyclic) bond motifs is 1. The Bertz CT molecular complexity index is 877. The van der Waals surface area contributed by atoms with Gasteiger partial charge in [-0.15, -0.1) is 0 Å². The van der Waals surface area contributed by atoms with Crippen molar-refractivity contribution >= 4 is 16.0 Å². The lowest BCUT2D eigenvalue weighted by Crippen LogP contribution is -2.23. The van der Waals surface area contributed by atoms with Gasteiger partial charge in [0.2, 0.25) is 16.8 Å². The summed E-state index contributed by atoms with van der Waals surface area (Å²) in [5.74, 6) is 0.747. The first-order chi connectivity index (χ1) is 12.0. The van der Waals surface area contributed by atoms with Crippen LogP contribution < -0.4 is 14.2 Å². The van der Waals surface area contributed by atoms with Gasteiger partial charge in [0.1, 0.15) is 0 Å². The van der Waals surface area contributed by atoms with Crippen molar-refractivity contribution in [1.29, 1.82) is 0 Å². The number of benzene rings is 2. The van der Waals surface area contributed by atoms with Gasteiger partial charge in [-0.05, 0) is 48.9 Å². The van der Waals surface area contributed by atoms with Gasteiger partial charge < -0.3 is 14.2 Å². The standard InChI is InChI=1S/C17H17NO6S/c1-2-22-17(19)13-4-6-14(7-5-13)25(20,21)18-10-12-3-8-15-16(9-12)24-11-23-15/h3-9,18H,2,10-11H2,1H3. The Kier molecular flexibility index (Phi) is 4.91. The number of carbonyl (C=O) groups is 1. The molecule has 2 aromatic rings. The van der Waals surface area contributed by atoms with Gasteiger partial charge >= 0.3 is 5.97 Å². The van der Waals surface area contributed by atoms with E-state index in [9.17, 15) is 13.2 Å². The van der Waals surface area contributed by atoms with Crippen LogP contribution in [0, 0.1) is 0 Å². The molecule has 0 atom stereocenters. The van der Waals surface area contributed by atoms with Gasteiger partial charge in [0.05, 0.1) is 17.1 Å². The van der Waals surface area contributed by atoms with E-state index in [4.69, 9.17) is 14.2 Å². The number of hydrogen-bond donors (Lipinski definition) is 1. The fraction of sp³-hybridized carbons (Fsp3) is 0.235. The molecule has 0 unspecified atom stereocenters. The molecule has 8 heteroatoms. The van der Waals surface area contributed by atoms with Crippen molar-refractivity contribution in [2.45, 2.75) is 18.4 Å². The van der Waals surface area contributed by atoms with Gasteiger partial charge in [-0.25, -0.2) is 17.9 Å². The summed E-state index contributed by atoms with van der Waals surface area (Å²) in [7, 11) is -3.70. The number of nitrogens with one attached hydrogen (secondary N) is 1. The molecule has 0 aromatic heterocycles. The number of esters is 1. The summed E-state index contributed by atoms with van der Waals surface area (Å²) >= 11 is 0. The molecule has 0 bridgehead atoms. The predicted octanol–water partition coefficient (Wildman–Crippen LogP) is 2.07. The van der Waals surface area contributed by atoms with Crippen LogP contribution in [-0.2, 0) is 21.3 Å². The van der Waals surface area contributed by atoms with Gasteiger partial charge in [-0.1, -0.05) is 6.07 Å². The zero-order valence-corrected chi connectivity index (χ0v) is 14.3. The van der Waals surface area contributed by atoms with Crippen LogP contribution in [0.1, 0.15) is 22.8 Å². The molecule has 1 N–H and O–H groups in total. The van der Waals surface area contributed by atoms with Gasteiger partial charge in [0, 0.05) is 6.54 Å². The van der Waals surface area contributed by atoms with Crippen LogP contribution in [-0.4, -0.2) is 27.8 Å². The predicted molar refractivity (Wildman–Crippen MR) is 89.0 cm³/mol. The van der Waals surface area contributed by atoms with Crippen LogP contribution in [0.4, 0.5) is 0 Å². The number of carbonyl (C=O) groups excluding carboxylic acids is 1. The fourth-order valence-corrected chi connectivity index (χ4v) is 3.31. The zero-order chi connectivity index (χ0) is 17.9. The lowest BCUT2D eigenvalue weighted by Gasteiger charge is -2.08. The van der Waals surface area contributed by atoms with E-state index in [1.807, 2.05) is 0 Å². The number of ether oxygens (including phenoxy) is 3. The Morgan fingerprint density at radius 2 is 1.84 bits per heavy atom. The highest BCUT2D eigenvalue weighted by Crippen LogP contribution is 2.32. The van der Waals surface area contributed by atoms with Gasteiger partial charge in [-0.2, -0.15) is 0 Å². The van der Waals surface area contributed by atoms with Crippen molar-refractivity contribution in [2.75, 3.05) is 13.4 Å². The molecule has 0 saturated carbocycles. The molecular weight excluding hydrogens is 346 g/mol. The largest absolute Gasteiger partial charge is 0.462 e. The topological polar surface area (TPSA) is 90.9 Å². The first-order valence-corrected chi connectivity index (χ1v) is 9.13. The molecule has 7 nitrogen and oxygen atoms in total. The smallest absolute Gasteiger partial charge is 0.338 e. The number of sulfonamides is 1. The second-order valence-corrected chi connectivity index (χ2v) is 7.02. The maximum absolute atomic E-state index is 12.4. The lowest BCUT2D eigenvalue weighted by molar-refractivity contribution is 0.0526. The average molecular weight is 363 g/mol. The Morgan fingerprint density at radius 3 is 2.56 bits per heavy atom. The molecule has 1 aliphatic heterocycles. The van der Waals surface area contributed by atoms with Crippen LogP contribution >= 0.6 is 0 Å². The van der Waals surface area contributed by atoms with Gasteiger partial charge in [0.15, 0.2) is 11.5 Å².